The van der Waals surface area contributed by atoms with Crippen LogP contribution in [-0.2, 0) is 9.53 Å². The fourth-order valence-corrected chi connectivity index (χ4v) is 4.77. The van der Waals surface area contributed by atoms with Crippen LogP contribution in [0.2, 0.25) is 0 Å². The number of esters is 1. The number of thiazole rings is 1. The number of nitrogens with zero attached hydrogens (tertiary/aromatic N) is 2. The molecule has 0 aliphatic carbocycles. The van der Waals surface area contributed by atoms with Gasteiger partial charge in [-0.3, -0.25) is 9.36 Å². The molecule has 1 aliphatic rings. The zero-order valence-electron chi connectivity index (χ0n) is 18.6. The van der Waals surface area contributed by atoms with Crippen molar-refractivity contribution in [1.82, 2.24) is 4.57 Å². The number of carbonyl (C=O) groups is 1. The van der Waals surface area contributed by atoms with Gasteiger partial charge in [0.1, 0.15) is 18.2 Å². The Morgan fingerprint density at radius 1 is 1.29 bits per heavy atom. The Morgan fingerprint density at radius 2 is 2.06 bits per heavy atom. The standard InChI is InChI=1S/C26H21FN2O4S/c1-4-13-33-20-8-6-7-17(14-20)15-21-24(30)29-23(18-9-11-19(27)12-10-18)22(25(31)32-5-2)16(3)28-26(29)34-21/h1,6-12,14-15,23H,5,13H2,2-3H3/b21-15-/t23-/m0/s1. The molecule has 2 heterocycles. The molecule has 0 radical (unpaired) electrons. The van der Waals surface area contributed by atoms with E-state index in [-0.39, 0.29) is 24.3 Å². The number of ether oxygens (including phenoxy) is 2. The average Bonchev–Trinajstić information content (AvgIpc) is 3.12. The molecule has 0 N–H and O–H groups in total. The van der Waals surface area contributed by atoms with Gasteiger partial charge in [-0.15, -0.1) is 6.42 Å². The van der Waals surface area contributed by atoms with Gasteiger partial charge in [0.15, 0.2) is 4.80 Å². The Hall–Kier alpha value is -3.96. The lowest BCUT2D eigenvalue weighted by Crippen LogP contribution is -2.39. The third kappa shape index (κ3) is 4.56. The summed E-state index contributed by atoms with van der Waals surface area (Å²) in [5, 5.41) is 0. The lowest BCUT2D eigenvalue weighted by molar-refractivity contribution is -0.139. The third-order valence-corrected chi connectivity index (χ3v) is 6.16. The van der Waals surface area contributed by atoms with E-state index in [1.807, 2.05) is 6.07 Å². The van der Waals surface area contributed by atoms with Crippen molar-refractivity contribution in [3.63, 3.8) is 0 Å². The van der Waals surface area contributed by atoms with Gasteiger partial charge >= 0.3 is 5.97 Å². The minimum Gasteiger partial charge on any atom is -0.481 e. The van der Waals surface area contributed by atoms with Crippen molar-refractivity contribution in [2.45, 2.75) is 19.9 Å². The smallest absolute Gasteiger partial charge is 0.338 e. The van der Waals surface area contributed by atoms with E-state index in [0.29, 0.717) is 26.3 Å². The van der Waals surface area contributed by atoms with Gasteiger partial charge < -0.3 is 9.47 Å². The highest BCUT2D eigenvalue weighted by Gasteiger charge is 2.33. The Morgan fingerprint density at radius 3 is 2.76 bits per heavy atom. The van der Waals surface area contributed by atoms with E-state index < -0.39 is 17.8 Å². The predicted octanol–water partition coefficient (Wildman–Crippen LogP) is 2.95. The monoisotopic (exact) mass is 476 g/mol. The molecule has 0 saturated heterocycles. The summed E-state index contributed by atoms with van der Waals surface area (Å²) >= 11 is 1.21. The maximum absolute atomic E-state index is 13.6. The lowest BCUT2D eigenvalue weighted by atomic mass is 9.96. The lowest BCUT2D eigenvalue weighted by Gasteiger charge is -2.24. The van der Waals surface area contributed by atoms with Crippen molar-refractivity contribution in [2.75, 3.05) is 13.2 Å². The molecule has 2 aromatic carbocycles. The first-order chi connectivity index (χ1) is 16.4. The maximum atomic E-state index is 13.6. The van der Waals surface area contributed by atoms with Crippen LogP contribution in [0.4, 0.5) is 4.39 Å². The highest BCUT2D eigenvalue weighted by Crippen LogP contribution is 2.30. The molecule has 0 fully saturated rings. The summed E-state index contributed by atoms with van der Waals surface area (Å²) in [5.41, 5.74) is 1.71. The van der Waals surface area contributed by atoms with Crippen LogP contribution < -0.4 is 19.6 Å². The number of benzene rings is 2. The second kappa shape index (κ2) is 9.89. The fraction of sp³-hybridized carbons (Fsp3) is 0.192. The SMILES string of the molecule is C#CCOc1cccc(/C=c2\sc3n(c2=O)[C@@H](c2ccc(F)cc2)C(C(=O)OCC)=C(C)N=3)c1. The molecule has 0 bridgehead atoms. The molecule has 1 aliphatic heterocycles. The Labute approximate surface area is 199 Å². The molecule has 8 heteroatoms. The summed E-state index contributed by atoms with van der Waals surface area (Å²) in [5.74, 6) is 2.02. The quantitative estimate of drug-likeness (QED) is 0.405. The summed E-state index contributed by atoms with van der Waals surface area (Å²) in [6.45, 7) is 3.72. The van der Waals surface area contributed by atoms with Gasteiger partial charge in [-0.05, 0) is 55.3 Å². The largest absolute Gasteiger partial charge is 0.481 e. The molecule has 1 aromatic heterocycles. The molecule has 4 rings (SSSR count). The van der Waals surface area contributed by atoms with Crippen molar-refractivity contribution < 1.29 is 18.7 Å². The number of rotatable bonds is 6. The van der Waals surface area contributed by atoms with Gasteiger partial charge in [0.25, 0.3) is 5.56 Å². The van der Waals surface area contributed by atoms with Crippen molar-refractivity contribution in [3.05, 3.63) is 96.4 Å². The second-order valence-corrected chi connectivity index (χ2v) is 8.43. The number of hydrogen-bond acceptors (Lipinski definition) is 6. The van der Waals surface area contributed by atoms with Gasteiger partial charge in [-0.25, -0.2) is 14.2 Å². The van der Waals surface area contributed by atoms with E-state index >= 15 is 0 Å². The molecule has 0 spiro atoms. The van der Waals surface area contributed by atoms with E-state index in [1.165, 1.54) is 28.0 Å². The number of hydrogen-bond donors (Lipinski definition) is 0. The summed E-state index contributed by atoms with van der Waals surface area (Å²) in [7, 11) is 0. The molecule has 0 amide bonds. The number of allylic oxidation sites excluding steroid dienone is 1. The molecule has 0 saturated carbocycles. The van der Waals surface area contributed by atoms with Crippen LogP contribution in [0.1, 0.15) is 31.0 Å². The predicted molar refractivity (Wildman–Crippen MR) is 128 cm³/mol. The van der Waals surface area contributed by atoms with Crippen LogP contribution in [0, 0.1) is 18.2 Å². The third-order valence-electron chi connectivity index (χ3n) is 5.18. The minimum atomic E-state index is -0.789. The summed E-state index contributed by atoms with van der Waals surface area (Å²) in [6, 6.07) is 12.1. The van der Waals surface area contributed by atoms with Crippen LogP contribution in [0.25, 0.3) is 6.08 Å². The zero-order valence-corrected chi connectivity index (χ0v) is 19.4. The van der Waals surface area contributed by atoms with Crippen molar-refractivity contribution in [3.8, 4) is 18.1 Å². The van der Waals surface area contributed by atoms with Crippen molar-refractivity contribution in [2.24, 2.45) is 4.99 Å². The van der Waals surface area contributed by atoms with Crippen molar-refractivity contribution >= 4 is 23.4 Å². The van der Waals surface area contributed by atoms with E-state index in [2.05, 4.69) is 10.9 Å². The number of carbonyl (C=O) groups excluding carboxylic acids is 1. The second-order valence-electron chi connectivity index (χ2n) is 7.42. The van der Waals surface area contributed by atoms with E-state index in [4.69, 9.17) is 15.9 Å². The van der Waals surface area contributed by atoms with Gasteiger partial charge in [0.2, 0.25) is 0 Å². The van der Waals surface area contributed by atoms with Crippen LogP contribution in [0.5, 0.6) is 5.75 Å². The first-order valence-electron chi connectivity index (χ1n) is 10.5. The summed E-state index contributed by atoms with van der Waals surface area (Å²) < 4.78 is 26.2. The highest BCUT2D eigenvalue weighted by atomic mass is 32.1. The maximum Gasteiger partial charge on any atom is 0.338 e. The molecule has 172 valence electrons. The van der Waals surface area contributed by atoms with Gasteiger partial charge in [-0.2, -0.15) is 0 Å². The molecule has 3 aromatic rings. The minimum absolute atomic E-state index is 0.138. The first kappa shape index (κ1) is 23.2. The van der Waals surface area contributed by atoms with Crippen LogP contribution in [0.15, 0.2) is 69.6 Å². The molecular weight excluding hydrogens is 455 g/mol. The topological polar surface area (TPSA) is 69.9 Å². The molecule has 6 nitrogen and oxygen atoms in total. The number of aromatic nitrogens is 1. The van der Waals surface area contributed by atoms with Crippen LogP contribution in [0.3, 0.4) is 0 Å². The number of terminal acetylenes is 1. The average molecular weight is 477 g/mol. The van der Waals surface area contributed by atoms with E-state index in [0.717, 1.165) is 5.56 Å². The Kier molecular flexibility index (Phi) is 6.75. The normalized spacial score (nSPS) is 15.4. The Bertz CT molecular complexity index is 1490. The molecule has 34 heavy (non-hydrogen) atoms. The van der Waals surface area contributed by atoms with E-state index in [1.54, 1.807) is 50.3 Å². The van der Waals surface area contributed by atoms with Crippen molar-refractivity contribution in [1.29, 1.82) is 0 Å². The summed E-state index contributed by atoms with van der Waals surface area (Å²) in [4.78, 5) is 31.3. The molecular formula is C26H21FN2O4S. The first-order valence-corrected chi connectivity index (χ1v) is 11.4. The zero-order chi connectivity index (χ0) is 24.2. The summed E-state index contributed by atoms with van der Waals surface area (Å²) in [6.07, 6.45) is 6.99. The fourth-order valence-electron chi connectivity index (χ4n) is 3.72. The van der Waals surface area contributed by atoms with Gasteiger partial charge in [-0.1, -0.05) is 41.5 Å². The highest BCUT2D eigenvalue weighted by molar-refractivity contribution is 7.07. The molecule has 1 atom stereocenters. The Balaban J connectivity index is 1.88. The van der Waals surface area contributed by atoms with Gasteiger partial charge in [0.05, 0.1) is 28.5 Å². The number of fused-ring (bicyclic) bond motifs is 1. The molecule has 0 unspecified atom stereocenters. The number of halogens is 1. The van der Waals surface area contributed by atoms with Crippen LogP contribution >= 0.6 is 11.3 Å². The van der Waals surface area contributed by atoms with E-state index in [9.17, 15) is 14.0 Å². The van der Waals surface area contributed by atoms with Crippen LogP contribution in [-0.4, -0.2) is 23.8 Å². The van der Waals surface area contributed by atoms with Gasteiger partial charge in [0, 0.05) is 0 Å².